The molecular weight excluding hydrogens is 773 g/mol. The van der Waals surface area contributed by atoms with Crippen molar-refractivity contribution < 1.29 is 10.2 Å². The van der Waals surface area contributed by atoms with E-state index in [1.807, 2.05) is 0 Å². The zero-order valence-electron chi connectivity index (χ0n) is 38.1. The fourth-order valence-electron chi connectivity index (χ4n) is 3.92. The zero-order chi connectivity index (χ0) is 46.1. The third-order valence-corrected chi connectivity index (χ3v) is 6.88. The summed E-state index contributed by atoms with van der Waals surface area (Å²) in [6.07, 6.45) is 0. The molecule has 0 atom stereocenters. The summed E-state index contributed by atoms with van der Waals surface area (Å²) in [6.45, 7) is 30.3. The van der Waals surface area contributed by atoms with Crippen LogP contribution in [0.1, 0.15) is 0 Å². The van der Waals surface area contributed by atoms with Crippen molar-refractivity contribution in [1.82, 2.24) is 58.1 Å². The van der Waals surface area contributed by atoms with Crippen molar-refractivity contribution in [3.8, 4) is 0 Å². The minimum atomic E-state index is 0.0972. The van der Waals surface area contributed by atoms with Gasteiger partial charge in [-0.05, 0) is 0 Å². The average molecular weight is 879 g/mol. The summed E-state index contributed by atoms with van der Waals surface area (Å²) >= 11 is 0. The van der Waals surface area contributed by atoms with Gasteiger partial charge in [-0.2, -0.15) is 0 Å². The highest BCUT2D eigenvalue weighted by Crippen LogP contribution is 1.88. The Kier molecular flexibility index (Phi) is 96.4. The van der Waals surface area contributed by atoms with Crippen LogP contribution in [-0.4, -0.2) is 251 Å². The molecule has 24 heteroatoms. The van der Waals surface area contributed by atoms with E-state index in [9.17, 15) is 0 Å². The molecule has 2 aliphatic heterocycles. The Morgan fingerprint density at radius 3 is 0.767 bits per heavy atom. The highest BCUT2D eigenvalue weighted by molar-refractivity contribution is 4.67. The van der Waals surface area contributed by atoms with Crippen molar-refractivity contribution in [3.05, 3.63) is 0 Å². The molecule has 24 nitrogen and oxygen atoms in total. The molecule has 2 saturated heterocycles. The molecule has 2 aliphatic rings. The monoisotopic (exact) mass is 879 g/mol. The van der Waals surface area contributed by atoms with Gasteiger partial charge >= 0.3 is 0 Å². The molecule has 0 radical (unpaired) electrons. The first-order chi connectivity index (χ1) is 29.4. The molecule has 0 aromatic heterocycles. The summed E-state index contributed by atoms with van der Waals surface area (Å²) in [5, 5.41) is 47.7. The summed E-state index contributed by atoms with van der Waals surface area (Å²) in [6, 6.07) is 0. The van der Waals surface area contributed by atoms with Crippen molar-refractivity contribution in [2.75, 3.05) is 236 Å². The maximum atomic E-state index is 8.19. The number of nitrogens with one attached hydrogen (secondary N) is 10. The lowest BCUT2D eigenvalue weighted by molar-refractivity contribution is 0.247. The average Bonchev–Trinajstić information content (AvgIpc) is 3.30. The van der Waals surface area contributed by atoms with Gasteiger partial charge in [-0.15, -0.1) is 0 Å². The third-order valence-electron chi connectivity index (χ3n) is 6.88. The summed E-state index contributed by atoms with van der Waals surface area (Å²) in [5.41, 5.74) is 56.6. The van der Waals surface area contributed by atoms with Gasteiger partial charge in [-0.1, -0.05) is 0 Å². The standard InChI is InChI=1S/C8H23N5.C6H18N4.C6H15N3.C4H13N3.C4H12N2O.C4H10N2.C2H8N2.C2H7NO/c9-1-3-11-5-7-13-8-6-12-4-2-10;7-1-3-9-5-6-10-4-2-8;7-1-4-9-5-2-8-3-6-9;5-1-3-7-4-2-6;5-1-2-6-3-4-7;1-2-6-4-3-5-1;2*3-1-2-4/h11-13H,1-10H2;9-10H,1-8H2;8H,1-7H2;7H,1-6H2;6-7H,1-5H2;5-6H,1-4H2;1-4H2;4H,1-3H2. The maximum Gasteiger partial charge on any atom is 0.0555 e. The van der Waals surface area contributed by atoms with E-state index in [1.54, 1.807) is 0 Å². The van der Waals surface area contributed by atoms with Crippen LogP contribution in [0.5, 0.6) is 0 Å². The van der Waals surface area contributed by atoms with Crippen LogP contribution in [0.2, 0.25) is 0 Å². The number of nitrogens with zero attached hydrogens (tertiary/aromatic N) is 1. The normalized spacial score (nSPS) is 12.9. The van der Waals surface area contributed by atoms with Gasteiger partial charge in [0, 0.05) is 223 Å². The summed E-state index contributed by atoms with van der Waals surface area (Å²) in [7, 11) is 0. The number of nitrogens with two attached hydrogens (primary N) is 11. The van der Waals surface area contributed by atoms with Crippen molar-refractivity contribution in [1.29, 1.82) is 0 Å². The Hall–Kier alpha value is -0.960. The molecule has 0 unspecified atom stereocenters. The van der Waals surface area contributed by atoms with Crippen LogP contribution in [0.3, 0.4) is 0 Å². The van der Waals surface area contributed by atoms with Crippen LogP contribution in [-0.2, 0) is 0 Å². The third kappa shape index (κ3) is 96.7. The first kappa shape index (κ1) is 70.7. The molecule has 0 saturated carbocycles. The van der Waals surface area contributed by atoms with Crippen LogP contribution in [0.25, 0.3) is 0 Å². The van der Waals surface area contributed by atoms with Gasteiger partial charge in [0.25, 0.3) is 0 Å². The van der Waals surface area contributed by atoms with Crippen LogP contribution in [0.4, 0.5) is 0 Å². The predicted molar refractivity (Wildman–Crippen MR) is 259 cm³/mol. The predicted octanol–water partition coefficient (Wildman–Crippen LogP) is -11.4. The first-order valence-corrected chi connectivity index (χ1v) is 22.1. The van der Waals surface area contributed by atoms with Gasteiger partial charge in [0.2, 0.25) is 0 Å². The quantitative estimate of drug-likeness (QED) is 0.0310. The number of hydrogen-bond acceptors (Lipinski definition) is 24. The van der Waals surface area contributed by atoms with Crippen molar-refractivity contribution in [3.63, 3.8) is 0 Å². The van der Waals surface area contributed by atoms with Crippen LogP contribution < -0.4 is 116 Å². The number of aliphatic hydroxyl groups is 2. The Morgan fingerprint density at radius 1 is 0.300 bits per heavy atom. The second kappa shape index (κ2) is 81.8. The molecule has 372 valence electrons. The van der Waals surface area contributed by atoms with Crippen LogP contribution >= 0.6 is 0 Å². The van der Waals surface area contributed by atoms with E-state index >= 15 is 0 Å². The molecule has 34 N–H and O–H groups in total. The van der Waals surface area contributed by atoms with Crippen LogP contribution in [0, 0.1) is 0 Å². The molecule has 0 aromatic carbocycles. The van der Waals surface area contributed by atoms with Gasteiger partial charge in [0.05, 0.1) is 13.2 Å². The highest BCUT2D eigenvalue weighted by atomic mass is 16.3. The van der Waals surface area contributed by atoms with E-state index in [0.717, 1.165) is 151 Å². The second-order valence-corrected chi connectivity index (χ2v) is 12.5. The lowest BCUT2D eigenvalue weighted by Gasteiger charge is -2.26. The molecule has 0 amide bonds. The smallest absolute Gasteiger partial charge is 0.0555 e. The van der Waals surface area contributed by atoms with E-state index in [0.29, 0.717) is 72.0 Å². The number of rotatable bonds is 29. The molecule has 0 aromatic rings. The number of aliphatic hydroxyl groups excluding tert-OH is 2. The van der Waals surface area contributed by atoms with E-state index < -0.39 is 0 Å². The molecule has 0 aliphatic carbocycles. The number of piperazine rings is 2. The van der Waals surface area contributed by atoms with E-state index in [1.165, 1.54) is 0 Å². The summed E-state index contributed by atoms with van der Waals surface area (Å²) in [5.74, 6) is 0. The Bertz CT molecular complexity index is 550. The van der Waals surface area contributed by atoms with Gasteiger partial charge in [-0.25, -0.2) is 0 Å². The molecule has 0 spiro atoms. The van der Waals surface area contributed by atoms with Gasteiger partial charge in [0.1, 0.15) is 0 Å². The van der Waals surface area contributed by atoms with Gasteiger partial charge in [-0.3, -0.25) is 4.90 Å². The Labute approximate surface area is 366 Å². The molecule has 0 bridgehead atoms. The number of hydrogen-bond donors (Lipinski definition) is 23. The lowest BCUT2D eigenvalue weighted by atomic mass is 10.3. The van der Waals surface area contributed by atoms with E-state index in [4.69, 9.17) is 73.3 Å². The highest BCUT2D eigenvalue weighted by Gasteiger charge is 2.06. The van der Waals surface area contributed by atoms with Crippen molar-refractivity contribution in [2.24, 2.45) is 63.1 Å². The largest absolute Gasteiger partial charge is 0.395 e. The fraction of sp³-hybridized carbons (Fsp3) is 1.00. The first-order valence-electron chi connectivity index (χ1n) is 22.1. The van der Waals surface area contributed by atoms with Crippen molar-refractivity contribution >= 4 is 0 Å². The molecule has 2 fully saturated rings. The second-order valence-electron chi connectivity index (χ2n) is 12.5. The summed E-state index contributed by atoms with van der Waals surface area (Å²) < 4.78 is 0. The maximum absolute atomic E-state index is 8.19. The molecular formula is C36H106N22O2. The van der Waals surface area contributed by atoms with Gasteiger partial charge in [0.15, 0.2) is 0 Å². The molecule has 2 heterocycles. The van der Waals surface area contributed by atoms with Crippen LogP contribution in [0.15, 0.2) is 0 Å². The molecule has 60 heavy (non-hydrogen) atoms. The van der Waals surface area contributed by atoms with Crippen molar-refractivity contribution in [2.45, 2.75) is 0 Å². The fourth-order valence-corrected chi connectivity index (χ4v) is 3.92. The summed E-state index contributed by atoms with van der Waals surface area (Å²) in [4.78, 5) is 2.39. The Morgan fingerprint density at radius 2 is 0.550 bits per heavy atom. The minimum absolute atomic E-state index is 0.0972. The lowest BCUT2D eigenvalue weighted by Crippen LogP contribution is -2.45. The SMILES string of the molecule is C1CNCCN1.NCCN.NCCN1CCNCC1.NCCNCCN.NCCNCCNCCN.NCCNCCNCCNCCN.NCCNCCO.NCCO. The van der Waals surface area contributed by atoms with E-state index in [-0.39, 0.29) is 13.2 Å². The minimum Gasteiger partial charge on any atom is -0.395 e. The molecule has 2 rings (SSSR count). The topological polar surface area (TPSA) is 450 Å². The van der Waals surface area contributed by atoms with E-state index in [2.05, 4.69) is 58.1 Å². The van der Waals surface area contributed by atoms with Gasteiger partial charge < -0.3 is 126 Å². The Balaban J connectivity index is -0.000000143. The zero-order valence-corrected chi connectivity index (χ0v) is 38.1.